The van der Waals surface area contributed by atoms with Crippen molar-refractivity contribution < 1.29 is 14.3 Å². The lowest BCUT2D eigenvalue weighted by molar-refractivity contribution is -0.126. The van der Waals surface area contributed by atoms with E-state index in [0.717, 1.165) is 55.4 Å². The van der Waals surface area contributed by atoms with Crippen LogP contribution in [0.4, 0.5) is 5.69 Å². The highest BCUT2D eigenvalue weighted by Gasteiger charge is 2.45. The van der Waals surface area contributed by atoms with Crippen LogP contribution in [0.2, 0.25) is 0 Å². The number of hydrogen-bond donors (Lipinski definition) is 1. The highest BCUT2D eigenvalue weighted by molar-refractivity contribution is 7.10. The summed E-state index contributed by atoms with van der Waals surface area (Å²) in [6.07, 6.45) is 1.14. The molecule has 3 heterocycles. The number of morpholine rings is 1. The van der Waals surface area contributed by atoms with Gasteiger partial charge in [-0.05, 0) is 43.5 Å². The highest BCUT2D eigenvalue weighted by Crippen LogP contribution is 2.43. The zero-order chi connectivity index (χ0) is 20.9. The van der Waals surface area contributed by atoms with Gasteiger partial charge < -0.3 is 15.0 Å². The van der Waals surface area contributed by atoms with Gasteiger partial charge in [0.15, 0.2) is 0 Å². The van der Waals surface area contributed by atoms with Crippen LogP contribution in [0.5, 0.6) is 0 Å². The van der Waals surface area contributed by atoms with Gasteiger partial charge in [-0.15, -0.1) is 11.3 Å². The van der Waals surface area contributed by atoms with Gasteiger partial charge in [0.05, 0.1) is 25.2 Å². The van der Waals surface area contributed by atoms with E-state index in [1.807, 2.05) is 53.6 Å². The Morgan fingerprint density at radius 2 is 1.97 bits per heavy atom. The molecular weight excluding hydrogens is 398 g/mol. The molecule has 30 heavy (non-hydrogen) atoms. The maximum absolute atomic E-state index is 13.1. The summed E-state index contributed by atoms with van der Waals surface area (Å²) in [5.41, 5.74) is 2.00. The molecule has 4 rings (SSSR count). The second-order valence-corrected chi connectivity index (χ2v) is 8.95. The van der Waals surface area contributed by atoms with Crippen LogP contribution in [0.1, 0.15) is 29.3 Å². The fraction of sp³-hybridized carbons (Fsp3) is 0.478. The predicted octanol–water partition coefficient (Wildman–Crippen LogP) is 2.99. The van der Waals surface area contributed by atoms with Crippen LogP contribution in [0, 0.1) is 12.8 Å². The van der Waals surface area contributed by atoms with Gasteiger partial charge in [0.2, 0.25) is 11.8 Å². The quantitative estimate of drug-likeness (QED) is 0.690. The first-order valence-corrected chi connectivity index (χ1v) is 11.5. The zero-order valence-corrected chi connectivity index (χ0v) is 18.2. The van der Waals surface area contributed by atoms with Crippen LogP contribution in [0.15, 0.2) is 41.8 Å². The molecule has 0 saturated carbocycles. The molecule has 0 aliphatic carbocycles. The van der Waals surface area contributed by atoms with E-state index in [9.17, 15) is 9.59 Å². The highest BCUT2D eigenvalue weighted by atomic mass is 32.1. The number of ether oxygens (including phenoxy) is 1. The summed E-state index contributed by atoms with van der Waals surface area (Å²) in [5.74, 6) is -0.398. The monoisotopic (exact) mass is 427 g/mol. The third kappa shape index (κ3) is 4.74. The van der Waals surface area contributed by atoms with Gasteiger partial charge in [-0.3, -0.25) is 14.5 Å². The number of benzene rings is 1. The molecule has 2 unspecified atom stereocenters. The minimum Gasteiger partial charge on any atom is -0.379 e. The van der Waals surface area contributed by atoms with Crippen molar-refractivity contribution in [3.8, 4) is 0 Å². The molecule has 1 N–H and O–H groups in total. The lowest BCUT2D eigenvalue weighted by Gasteiger charge is -2.28. The molecule has 2 amide bonds. The van der Waals surface area contributed by atoms with E-state index in [-0.39, 0.29) is 30.2 Å². The Morgan fingerprint density at radius 1 is 1.20 bits per heavy atom. The summed E-state index contributed by atoms with van der Waals surface area (Å²) in [4.78, 5) is 31.2. The number of nitrogens with one attached hydrogen (secondary N) is 1. The number of hydrogen-bond acceptors (Lipinski definition) is 5. The maximum atomic E-state index is 13.1. The number of thiophene rings is 1. The first-order chi connectivity index (χ1) is 14.6. The van der Waals surface area contributed by atoms with E-state index in [1.165, 1.54) is 0 Å². The SMILES string of the molecule is Cc1ccc(N2C(=O)CC(C(=O)NCCCN3CCOCC3)C2c2cccs2)cc1. The lowest BCUT2D eigenvalue weighted by atomic mass is 9.97. The molecule has 2 atom stereocenters. The molecule has 0 bridgehead atoms. The van der Waals surface area contributed by atoms with Gasteiger partial charge in [0, 0.05) is 36.6 Å². The van der Waals surface area contributed by atoms with Crippen molar-refractivity contribution >= 4 is 28.8 Å². The number of rotatable bonds is 7. The molecule has 1 aromatic heterocycles. The Kier molecular flexibility index (Phi) is 6.82. The number of amides is 2. The van der Waals surface area contributed by atoms with Crippen molar-refractivity contribution in [2.75, 3.05) is 44.3 Å². The van der Waals surface area contributed by atoms with Gasteiger partial charge >= 0.3 is 0 Å². The Morgan fingerprint density at radius 3 is 2.67 bits per heavy atom. The predicted molar refractivity (Wildman–Crippen MR) is 119 cm³/mol. The van der Waals surface area contributed by atoms with Crippen LogP contribution in [-0.4, -0.2) is 56.1 Å². The first kappa shape index (κ1) is 21.0. The summed E-state index contributed by atoms with van der Waals surface area (Å²) in [5, 5.41) is 5.09. The Bertz CT molecular complexity index is 847. The van der Waals surface area contributed by atoms with E-state index in [4.69, 9.17) is 4.74 Å². The standard InChI is InChI=1S/C23H29N3O3S/c1-17-5-7-18(8-6-17)26-21(27)16-19(22(26)20-4-2-15-30-20)23(28)24-9-3-10-25-11-13-29-14-12-25/h2,4-8,15,19,22H,3,9-14,16H2,1H3,(H,24,28). The van der Waals surface area contributed by atoms with E-state index < -0.39 is 0 Å². The summed E-state index contributed by atoms with van der Waals surface area (Å²) >= 11 is 1.60. The van der Waals surface area contributed by atoms with E-state index in [2.05, 4.69) is 10.2 Å². The van der Waals surface area contributed by atoms with Crippen molar-refractivity contribution in [1.82, 2.24) is 10.2 Å². The average Bonchev–Trinajstić information content (AvgIpc) is 3.40. The van der Waals surface area contributed by atoms with Crippen LogP contribution in [0.25, 0.3) is 0 Å². The molecular formula is C23H29N3O3S. The number of anilines is 1. The van der Waals surface area contributed by atoms with Crippen molar-refractivity contribution in [2.24, 2.45) is 5.92 Å². The number of carbonyl (C=O) groups excluding carboxylic acids is 2. The molecule has 7 heteroatoms. The molecule has 2 aromatic rings. The van der Waals surface area contributed by atoms with E-state index in [1.54, 1.807) is 11.3 Å². The Labute approximate surface area is 181 Å². The third-order valence-electron chi connectivity index (χ3n) is 5.86. The van der Waals surface area contributed by atoms with Crippen molar-refractivity contribution in [2.45, 2.75) is 25.8 Å². The molecule has 0 radical (unpaired) electrons. The Balaban J connectivity index is 1.42. The van der Waals surface area contributed by atoms with Gasteiger partial charge in [0.25, 0.3) is 0 Å². The van der Waals surface area contributed by atoms with Crippen molar-refractivity contribution in [3.63, 3.8) is 0 Å². The van der Waals surface area contributed by atoms with Crippen LogP contribution >= 0.6 is 11.3 Å². The van der Waals surface area contributed by atoms with Gasteiger partial charge in [-0.1, -0.05) is 23.8 Å². The number of aryl methyl sites for hydroxylation is 1. The largest absolute Gasteiger partial charge is 0.379 e. The van der Waals surface area contributed by atoms with Crippen molar-refractivity contribution in [1.29, 1.82) is 0 Å². The molecule has 2 aliphatic heterocycles. The molecule has 2 saturated heterocycles. The lowest BCUT2D eigenvalue weighted by Crippen LogP contribution is -2.39. The van der Waals surface area contributed by atoms with Crippen LogP contribution < -0.4 is 10.2 Å². The second kappa shape index (κ2) is 9.73. The van der Waals surface area contributed by atoms with E-state index >= 15 is 0 Å². The maximum Gasteiger partial charge on any atom is 0.228 e. The molecule has 2 fully saturated rings. The number of carbonyl (C=O) groups is 2. The van der Waals surface area contributed by atoms with Crippen molar-refractivity contribution in [3.05, 3.63) is 52.2 Å². The molecule has 6 nitrogen and oxygen atoms in total. The molecule has 2 aliphatic rings. The first-order valence-electron chi connectivity index (χ1n) is 10.6. The average molecular weight is 428 g/mol. The van der Waals surface area contributed by atoms with Gasteiger partial charge in [-0.25, -0.2) is 0 Å². The zero-order valence-electron chi connectivity index (χ0n) is 17.4. The Hall–Kier alpha value is -2.22. The molecule has 160 valence electrons. The summed E-state index contributed by atoms with van der Waals surface area (Å²) < 4.78 is 5.37. The fourth-order valence-electron chi connectivity index (χ4n) is 4.23. The third-order valence-corrected chi connectivity index (χ3v) is 6.80. The fourth-order valence-corrected chi connectivity index (χ4v) is 5.11. The molecule has 0 spiro atoms. The minimum absolute atomic E-state index is 0.00530. The molecule has 1 aromatic carbocycles. The van der Waals surface area contributed by atoms with Crippen LogP contribution in [-0.2, 0) is 14.3 Å². The minimum atomic E-state index is -0.374. The smallest absolute Gasteiger partial charge is 0.228 e. The summed E-state index contributed by atoms with van der Waals surface area (Å²) in [6.45, 7) is 7.09. The number of nitrogens with zero attached hydrogens (tertiary/aromatic N) is 2. The topological polar surface area (TPSA) is 61.9 Å². The van der Waals surface area contributed by atoms with Crippen LogP contribution in [0.3, 0.4) is 0 Å². The summed E-state index contributed by atoms with van der Waals surface area (Å²) in [6, 6.07) is 11.7. The second-order valence-electron chi connectivity index (χ2n) is 7.97. The van der Waals surface area contributed by atoms with Gasteiger partial charge in [-0.2, -0.15) is 0 Å². The van der Waals surface area contributed by atoms with Gasteiger partial charge in [0.1, 0.15) is 0 Å². The normalized spacial score (nSPS) is 22.4. The summed E-state index contributed by atoms with van der Waals surface area (Å²) in [7, 11) is 0. The van der Waals surface area contributed by atoms with E-state index in [0.29, 0.717) is 6.54 Å².